The molecule has 1 aromatic carbocycles. The maximum atomic E-state index is 4.35. The number of hydrogen-bond donors (Lipinski definition) is 1. The average Bonchev–Trinajstić information content (AvgIpc) is 2.87. The zero-order valence-corrected chi connectivity index (χ0v) is 13.6. The molecule has 0 amide bonds. The monoisotopic (exact) mass is 369 g/mol. The first-order valence-electron chi connectivity index (χ1n) is 6.73. The lowest BCUT2D eigenvalue weighted by atomic mass is 10.0. The van der Waals surface area contributed by atoms with Crippen molar-refractivity contribution in [3.8, 4) is 0 Å². The summed E-state index contributed by atoms with van der Waals surface area (Å²) in [5.41, 5.74) is 2.65. The minimum absolute atomic E-state index is 0.354. The van der Waals surface area contributed by atoms with Crippen molar-refractivity contribution < 1.29 is 0 Å². The predicted molar refractivity (Wildman–Crippen MR) is 87.2 cm³/mol. The summed E-state index contributed by atoms with van der Waals surface area (Å²) in [7, 11) is 0. The van der Waals surface area contributed by atoms with Gasteiger partial charge in [-0.15, -0.1) is 0 Å². The molecule has 0 aliphatic rings. The molecule has 3 nitrogen and oxygen atoms in total. The van der Waals surface area contributed by atoms with Crippen LogP contribution >= 0.6 is 22.6 Å². The lowest BCUT2D eigenvalue weighted by molar-refractivity contribution is 0.547. The van der Waals surface area contributed by atoms with Crippen molar-refractivity contribution in [3.05, 3.63) is 51.4 Å². The molecule has 1 aromatic heterocycles. The highest BCUT2D eigenvalue weighted by Gasteiger charge is 2.14. The van der Waals surface area contributed by atoms with Crippen LogP contribution in [0.1, 0.15) is 31.0 Å². The number of benzene rings is 1. The summed E-state index contributed by atoms with van der Waals surface area (Å²) in [4.78, 5) is 0. The van der Waals surface area contributed by atoms with Crippen LogP contribution in [0.4, 0.5) is 0 Å². The van der Waals surface area contributed by atoms with Crippen molar-refractivity contribution in [2.24, 2.45) is 0 Å². The number of aromatic nitrogens is 2. The van der Waals surface area contributed by atoms with Gasteiger partial charge in [0.15, 0.2) is 0 Å². The number of nitrogens with zero attached hydrogens (tertiary/aromatic N) is 2. The highest BCUT2D eigenvalue weighted by Crippen LogP contribution is 2.23. The van der Waals surface area contributed by atoms with Gasteiger partial charge in [0.05, 0.1) is 6.20 Å². The van der Waals surface area contributed by atoms with E-state index in [-0.39, 0.29) is 0 Å². The van der Waals surface area contributed by atoms with E-state index in [0.29, 0.717) is 6.04 Å². The molecule has 0 saturated heterocycles. The first-order chi connectivity index (χ1) is 9.24. The molecule has 2 aromatic rings. The molecular weight excluding hydrogens is 349 g/mol. The highest BCUT2D eigenvalue weighted by atomic mass is 127. The Balaban J connectivity index is 2.18. The summed E-state index contributed by atoms with van der Waals surface area (Å²) in [6.45, 7) is 6.16. The van der Waals surface area contributed by atoms with Gasteiger partial charge in [-0.2, -0.15) is 5.10 Å². The van der Waals surface area contributed by atoms with Crippen molar-refractivity contribution in [2.75, 3.05) is 6.54 Å². The SMILES string of the molecule is CCNC(Cc1cnn(CC)c1)c1ccccc1I. The highest BCUT2D eigenvalue weighted by molar-refractivity contribution is 14.1. The van der Waals surface area contributed by atoms with Crippen molar-refractivity contribution >= 4 is 22.6 Å². The molecule has 0 fully saturated rings. The van der Waals surface area contributed by atoms with Crippen LogP contribution in [-0.2, 0) is 13.0 Å². The first-order valence-corrected chi connectivity index (χ1v) is 7.81. The molecule has 2 rings (SSSR count). The molecule has 4 heteroatoms. The van der Waals surface area contributed by atoms with Crippen LogP contribution in [0, 0.1) is 3.57 Å². The quantitative estimate of drug-likeness (QED) is 0.791. The molecule has 0 aliphatic heterocycles. The van der Waals surface area contributed by atoms with Gasteiger partial charge in [0.1, 0.15) is 0 Å². The molecule has 1 atom stereocenters. The third kappa shape index (κ3) is 3.79. The summed E-state index contributed by atoms with van der Waals surface area (Å²) >= 11 is 2.41. The summed E-state index contributed by atoms with van der Waals surface area (Å²) in [6, 6.07) is 8.92. The van der Waals surface area contributed by atoms with Crippen LogP contribution < -0.4 is 5.32 Å². The van der Waals surface area contributed by atoms with Crippen LogP contribution in [0.2, 0.25) is 0 Å². The Morgan fingerprint density at radius 2 is 2.11 bits per heavy atom. The van der Waals surface area contributed by atoms with Crippen molar-refractivity contribution in [2.45, 2.75) is 32.9 Å². The van der Waals surface area contributed by atoms with E-state index in [1.807, 2.05) is 10.9 Å². The van der Waals surface area contributed by atoms with Crippen molar-refractivity contribution in [3.63, 3.8) is 0 Å². The minimum Gasteiger partial charge on any atom is -0.310 e. The molecule has 0 radical (unpaired) electrons. The van der Waals surface area contributed by atoms with Gasteiger partial charge in [0, 0.05) is 22.4 Å². The zero-order chi connectivity index (χ0) is 13.7. The zero-order valence-electron chi connectivity index (χ0n) is 11.4. The Bertz CT molecular complexity index is 522. The Morgan fingerprint density at radius 3 is 2.74 bits per heavy atom. The standard InChI is InChI=1S/C15H20IN3/c1-3-17-15(13-7-5-6-8-14(13)16)9-12-10-18-19(4-2)11-12/h5-8,10-11,15,17H,3-4,9H2,1-2H3. The van der Waals surface area contributed by atoms with Crippen LogP contribution in [-0.4, -0.2) is 16.3 Å². The molecular formula is C15H20IN3. The molecule has 0 spiro atoms. The number of rotatable bonds is 6. The maximum absolute atomic E-state index is 4.35. The van der Waals surface area contributed by atoms with Gasteiger partial charge in [-0.25, -0.2) is 0 Å². The summed E-state index contributed by atoms with van der Waals surface area (Å²) in [5, 5.41) is 7.92. The molecule has 1 unspecified atom stereocenters. The molecule has 1 heterocycles. The normalized spacial score (nSPS) is 12.6. The number of likely N-dealkylation sites (N-methyl/N-ethyl adjacent to an activating group) is 1. The number of halogens is 1. The van der Waals surface area contributed by atoms with Gasteiger partial charge in [0.2, 0.25) is 0 Å². The largest absolute Gasteiger partial charge is 0.310 e. The van der Waals surface area contributed by atoms with Gasteiger partial charge in [-0.3, -0.25) is 4.68 Å². The van der Waals surface area contributed by atoms with Gasteiger partial charge in [0.25, 0.3) is 0 Å². The van der Waals surface area contributed by atoms with Crippen LogP contribution in [0.25, 0.3) is 0 Å². The second kappa shape index (κ2) is 7.05. The Hall–Kier alpha value is -0.880. The van der Waals surface area contributed by atoms with E-state index in [4.69, 9.17) is 0 Å². The minimum atomic E-state index is 0.354. The van der Waals surface area contributed by atoms with E-state index in [9.17, 15) is 0 Å². The maximum Gasteiger partial charge on any atom is 0.0522 e. The fourth-order valence-electron chi connectivity index (χ4n) is 2.22. The molecule has 19 heavy (non-hydrogen) atoms. The van der Waals surface area contributed by atoms with Crippen molar-refractivity contribution in [1.82, 2.24) is 15.1 Å². The van der Waals surface area contributed by atoms with E-state index < -0.39 is 0 Å². The Kier molecular flexibility index (Phi) is 5.39. The van der Waals surface area contributed by atoms with E-state index in [2.05, 4.69) is 77.3 Å². The lowest BCUT2D eigenvalue weighted by Crippen LogP contribution is -2.23. The van der Waals surface area contributed by atoms with E-state index in [0.717, 1.165) is 19.5 Å². The number of aryl methyl sites for hydroxylation is 1. The fourth-order valence-corrected chi connectivity index (χ4v) is 2.98. The van der Waals surface area contributed by atoms with Gasteiger partial charge >= 0.3 is 0 Å². The molecule has 102 valence electrons. The number of hydrogen-bond acceptors (Lipinski definition) is 2. The van der Waals surface area contributed by atoms with Crippen LogP contribution in [0.3, 0.4) is 0 Å². The van der Waals surface area contributed by atoms with E-state index in [1.165, 1.54) is 14.7 Å². The van der Waals surface area contributed by atoms with E-state index in [1.54, 1.807) is 0 Å². The summed E-state index contributed by atoms with van der Waals surface area (Å²) in [5.74, 6) is 0. The fraction of sp³-hybridized carbons (Fsp3) is 0.400. The Labute approximate surface area is 128 Å². The van der Waals surface area contributed by atoms with Crippen LogP contribution in [0.15, 0.2) is 36.7 Å². The number of nitrogens with one attached hydrogen (secondary N) is 1. The second-order valence-corrected chi connectivity index (χ2v) is 5.70. The first kappa shape index (κ1) is 14.5. The molecule has 0 aliphatic carbocycles. The van der Waals surface area contributed by atoms with Gasteiger partial charge in [-0.05, 0) is 59.7 Å². The topological polar surface area (TPSA) is 29.9 Å². The van der Waals surface area contributed by atoms with Gasteiger partial charge in [-0.1, -0.05) is 25.1 Å². The van der Waals surface area contributed by atoms with E-state index >= 15 is 0 Å². The third-order valence-corrected chi connectivity index (χ3v) is 4.16. The summed E-state index contributed by atoms with van der Waals surface area (Å²) < 4.78 is 3.29. The Morgan fingerprint density at radius 1 is 1.32 bits per heavy atom. The molecule has 0 bridgehead atoms. The smallest absolute Gasteiger partial charge is 0.0522 e. The molecule has 1 N–H and O–H groups in total. The summed E-state index contributed by atoms with van der Waals surface area (Å²) in [6.07, 6.45) is 5.09. The van der Waals surface area contributed by atoms with Gasteiger partial charge < -0.3 is 5.32 Å². The predicted octanol–water partition coefficient (Wildman–Crippen LogP) is 3.40. The van der Waals surface area contributed by atoms with Crippen molar-refractivity contribution in [1.29, 1.82) is 0 Å². The second-order valence-electron chi connectivity index (χ2n) is 4.54. The molecule has 0 saturated carbocycles. The lowest BCUT2D eigenvalue weighted by Gasteiger charge is -2.19. The average molecular weight is 369 g/mol. The third-order valence-electron chi connectivity index (χ3n) is 3.18. The van der Waals surface area contributed by atoms with Crippen LogP contribution in [0.5, 0.6) is 0 Å².